The Morgan fingerprint density at radius 1 is 1.17 bits per heavy atom. The molecule has 0 aromatic heterocycles. The van der Waals surface area contributed by atoms with Gasteiger partial charge in [0.15, 0.2) is 5.41 Å². The van der Waals surface area contributed by atoms with Gasteiger partial charge in [-0.1, -0.05) is 44.2 Å². The maximum absolute atomic E-state index is 12.2. The molecule has 1 aromatic rings. The SMILES string of the molecule is CCC1(CC)C(=O)OC(NC(C[N+](=O)[O-])c2ccccc2)OC1=O. The maximum atomic E-state index is 12.2. The van der Waals surface area contributed by atoms with Crippen molar-refractivity contribution in [2.24, 2.45) is 5.41 Å². The second kappa shape index (κ2) is 7.39. The number of carbonyl (C=O) groups excluding carboxylic acids is 2. The first-order valence-electron chi connectivity index (χ1n) is 7.78. The lowest BCUT2D eigenvalue weighted by molar-refractivity contribution is -0.485. The molecule has 0 bridgehead atoms. The normalized spacial score (nSPS) is 18.6. The van der Waals surface area contributed by atoms with E-state index < -0.39 is 41.3 Å². The van der Waals surface area contributed by atoms with E-state index in [1.807, 2.05) is 0 Å². The van der Waals surface area contributed by atoms with Crippen LogP contribution in [0.3, 0.4) is 0 Å². The Hall–Kier alpha value is -2.48. The summed E-state index contributed by atoms with van der Waals surface area (Å²) in [6.45, 7) is 2.97. The monoisotopic (exact) mass is 336 g/mol. The highest BCUT2D eigenvalue weighted by Gasteiger charge is 2.51. The van der Waals surface area contributed by atoms with Crippen LogP contribution in [-0.4, -0.2) is 29.8 Å². The zero-order valence-electron chi connectivity index (χ0n) is 13.6. The Labute approximate surface area is 139 Å². The molecule has 0 aliphatic carbocycles. The topological polar surface area (TPSA) is 108 Å². The van der Waals surface area contributed by atoms with Crippen LogP contribution < -0.4 is 5.32 Å². The van der Waals surface area contributed by atoms with Crippen LogP contribution in [0.1, 0.15) is 38.3 Å². The number of cyclic esters (lactones) is 2. The molecule has 0 radical (unpaired) electrons. The van der Waals surface area contributed by atoms with Crippen molar-refractivity contribution in [1.29, 1.82) is 0 Å². The summed E-state index contributed by atoms with van der Waals surface area (Å²) in [4.78, 5) is 34.9. The van der Waals surface area contributed by atoms with E-state index in [2.05, 4.69) is 5.32 Å². The number of carbonyl (C=O) groups is 2. The Morgan fingerprint density at radius 3 is 2.17 bits per heavy atom. The van der Waals surface area contributed by atoms with Crippen LogP contribution >= 0.6 is 0 Å². The fourth-order valence-corrected chi connectivity index (χ4v) is 2.68. The van der Waals surface area contributed by atoms with Gasteiger partial charge >= 0.3 is 18.4 Å². The molecule has 1 aliphatic heterocycles. The second-order valence-corrected chi connectivity index (χ2v) is 5.58. The van der Waals surface area contributed by atoms with Gasteiger partial charge in [-0.25, -0.2) is 5.32 Å². The molecule has 0 spiro atoms. The molecule has 1 saturated heterocycles. The van der Waals surface area contributed by atoms with Gasteiger partial charge in [0.25, 0.3) is 0 Å². The number of esters is 2. The van der Waals surface area contributed by atoms with Gasteiger partial charge in [0.2, 0.25) is 6.54 Å². The van der Waals surface area contributed by atoms with Crippen molar-refractivity contribution in [3.05, 3.63) is 46.0 Å². The van der Waals surface area contributed by atoms with Crippen molar-refractivity contribution in [3.63, 3.8) is 0 Å². The third-order valence-corrected chi connectivity index (χ3v) is 4.29. The first-order valence-corrected chi connectivity index (χ1v) is 7.78. The highest BCUT2D eigenvalue weighted by atomic mass is 16.7. The molecule has 1 N–H and O–H groups in total. The predicted octanol–water partition coefficient (Wildman–Crippen LogP) is 1.78. The Bertz CT molecular complexity index is 594. The van der Waals surface area contributed by atoms with Crippen LogP contribution in [0.15, 0.2) is 30.3 Å². The second-order valence-electron chi connectivity index (χ2n) is 5.58. The smallest absolute Gasteiger partial charge is 0.327 e. The molecular formula is C16H20N2O6. The average molecular weight is 336 g/mol. The predicted molar refractivity (Wildman–Crippen MR) is 83.2 cm³/mol. The lowest BCUT2D eigenvalue weighted by Gasteiger charge is -2.36. The standard InChI is InChI=1S/C16H20N2O6/c1-3-16(4-2)13(19)23-15(24-14(16)20)17-12(10-18(21)22)11-8-6-5-7-9-11/h5-9,12,15,17H,3-4,10H2,1-2H3. The summed E-state index contributed by atoms with van der Waals surface area (Å²) < 4.78 is 10.3. The first kappa shape index (κ1) is 17.9. The van der Waals surface area contributed by atoms with Crippen LogP contribution in [0.4, 0.5) is 0 Å². The average Bonchev–Trinajstić information content (AvgIpc) is 2.55. The fraction of sp³-hybridized carbons (Fsp3) is 0.500. The number of ether oxygens (including phenoxy) is 2. The van der Waals surface area contributed by atoms with E-state index in [1.54, 1.807) is 44.2 Å². The van der Waals surface area contributed by atoms with E-state index in [0.29, 0.717) is 5.56 Å². The molecule has 1 unspecified atom stereocenters. The summed E-state index contributed by atoms with van der Waals surface area (Å²) in [6, 6.07) is 7.91. The zero-order chi connectivity index (χ0) is 17.7. The molecule has 0 saturated carbocycles. The quantitative estimate of drug-likeness (QED) is 0.350. The number of nitro groups is 1. The van der Waals surface area contributed by atoms with Crippen molar-refractivity contribution in [2.45, 2.75) is 39.1 Å². The third kappa shape index (κ3) is 3.53. The molecule has 1 fully saturated rings. The minimum atomic E-state index is -1.35. The number of nitrogens with zero attached hydrogens (tertiary/aromatic N) is 1. The maximum Gasteiger partial charge on any atom is 0.327 e. The van der Waals surface area contributed by atoms with Gasteiger partial charge in [0.1, 0.15) is 6.04 Å². The van der Waals surface area contributed by atoms with Crippen molar-refractivity contribution in [2.75, 3.05) is 6.54 Å². The van der Waals surface area contributed by atoms with Gasteiger partial charge in [-0.2, -0.15) is 0 Å². The van der Waals surface area contributed by atoms with Gasteiger partial charge in [-0.3, -0.25) is 19.7 Å². The first-order chi connectivity index (χ1) is 11.4. The summed E-state index contributed by atoms with van der Waals surface area (Å²) in [5.41, 5.74) is -0.673. The fourth-order valence-electron chi connectivity index (χ4n) is 2.68. The largest absolute Gasteiger partial charge is 0.410 e. The van der Waals surface area contributed by atoms with Crippen molar-refractivity contribution >= 4 is 11.9 Å². The third-order valence-electron chi connectivity index (χ3n) is 4.29. The molecule has 1 aliphatic rings. The highest BCUT2D eigenvalue weighted by Crippen LogP contribution is 2.34. The number of nitrogens with one attached hydrogen (secondary N) is 1. The van der Waals surface area contributed by atoms with Gasteiger partial charge < -0.3 is 9.47 Å². The van der Waals surface area contributed by atoms with Gasteiger partial charge in [0.05, 0.1) is 0 Å². The van der Waals surface area contributed by atoms with Crippen molar-refractivity contribution < 1.29 is 24.0 Å². The van der Waals surface area contributed by atoms with E-state index in [1.165, 1.54) is 0 Å². The lowest BCUT2D eigenvalue weighted by atomic mass is 9.82. The van der Waals surface area contributed by atoms with Crippen LogP contribution in [0, 0.1) is 15.5 Å². The van der Waals surface area contributed by atoms with Gasteiger partial charge in [-0.15, -0.1) is 0 Å². The summed E-state index contributed by atoms with van der Waals surface area (Å²) in [5, 5.41) is 13.6. The van der Waals surface area contributed by atoms with Crippen LogP contribution in [-0.2, 0) is 19.1 Å². The molecule has 8 nitrogen and oxygen atoms in total. The zero-order valence-corrected chi connectivity index (χ0v) is 13.6. The summed E-state index contributed by atoms with van der Waals surface area (Å²) >= 11 is 0. The van der Waals surface area contributed by atoms with E-state index >= 15 is 0 Å². The van der Waals surface area contributed by atoms with E-state index in [0.717, 1.165) is 0 Å². The van der Waals surface area contributed by atoms with Gasteiger partial charge in [0, 0.05) is 4.92 Å². The Morgan fingerprint density at radius 2 is 1.71 bits per heavy atom. The molecular weight excluding hydrogens is 316 g/mol. The van der Waals surface area contributed by atoms with E-state index in [-0.39, 0.29) is 12.8 Å². The Kier molecular flexibility index (Phi) is 5.50. The number of hydrogen-bond donors (Lipinski definition) is 1. The molecule has 1 aromatic carbocycles. The number of benzene rings is 1. The Balaban J connectivity index is 2.15. The van der Waals surface area contributed by atoms with Crippen LogP contribution in [0.2, 0.25) is 0 Å². The molecule has 0 amide bonds. The number of hydrogen-bond acceptors (Lipinski definition) is 7. The summed E-state index contributed by atoms with van der Waals surface area (Å²) in [7, 11) is 0. The van der Waals surface area contributed by atoms with Gasteiger partial charge in [-0.05, 0) is 18.4 Å². The van der Waals surface area contributed by atoms with Crippen molar-refractivity contribution in [1.82, 2.24) is 5.32 Å². The summed E-state index contributed by atoms with van der Waals surface area (Å²) in [6.07, 6.45) is -0.808. The molecule has 8 heteroatoms. The molecule has 24 heavy (non-hydrogen) atoms. The molecule has 1 heterocycles. The van der Waals surface area contributed by atoms with Crippen LogP contribution in [0.25, 0.3) is 0 Å². The number of rotatable bonds is 7. The van der Waals surface area contributed by atoms with E-state index in [4.69, 9.17) is 9.47 Å². The van der Waals surface area contributed by atoms with Crippen LogP contribution in [0.5, 0.6) is 0 Å². The molecule has 2 rings (SSSR count). The lowest BCUT2D eigenvalue weighted by Crippen LogP contribution is -2.54. The molecule has 1 atom stereocenters. The minimum Gasteiger partial charge on any atom is -0.410 e. The minimum absolute atomic E-state index is 0.269. The van der Waals surface area contributed by atoms with Crippen molar-refractivity contribution in [3.8, 4) is 0 Å². The highest BCUT2D eigenvalue weighted by molar-refractivity contribution is 6.01. The van der Waals surface area contributed by atoms with E-state index in [9.17, 15) is 19.7 Å². The molecule has 130 valence electrons. The summed E-state index contributed by atoms with van der Waals surface area (Å²) in [5.74, 6) is -1.34.